The van der Waals surface area contributed by atoms with Gasteiger partial charge in [-0.1, -0.05) is 18.2 Å². The number of amidine groups is 1. The van der Waals surface area contributed by atoms with E-state index in [9.17, 15) is 4.79 Å². The van der Waals surface area contributed by atoms with Gasteiger partial charge in [-0.2, -0.15) is 0 Å². The lowest BCUT2D eigenvalue weighted by Gasteiger charge is -2.24. The highest BCUT2D eigenvalue weighted by Gasteiger charge is 2.19. The van der Waals surface area contributed by atoms with Gasteiger partial charge in [-0.15, -0.1) is 0 Å². The van der Waals surface area contributed by atoms with E-state index >= 15 is 0 Å². The molecule has 9 heteroatoms. The van der Waals surface area contributed by atoms with Crippen LogP contribution in [0.5, 0.6) is 0 Å². The summed E-state index contributed by atoms with van der Waals surface area (Å²) in [6, 6.07) is 12.9. The van der Waals surface area contributed by atoms with Crippen LogP contribution in [-0.4, -0.2) is 60.7 Å². The molecule has 0 aliphatic carbocycles. The molecule has 0 radical (unpaired) electrons. The van der Waals surface area contributed by atoms with Gasteiger partial charge < -0.3 is 26.0 Å². The van der Waals surface area contributed by atoms with Crippen molar-refractivity contribution < 1.29 is 9.53 Å². The Labute approximate surface area is 192 Å². The summed E-state index contributed by atoms with van der Waals surface area (Å²) in [4.78, 5) is 27.7. The third-order valence-electron chi connectivity index (χ3n) is 5.23. The Bertz CT molecular complexity index is 1090. The first-order valence-electron chi connectivity index (χ1n) is 10.7. The summed E-state index contributed by atoms with van der Waals surface area (Å²) < 4.78 is 5.52. The van der Waals surface area contributed by atoms with E-state index < -0.39 is 0 Å². The van der Waals surface area contributed by atoms with E-state index in [2.05, 4.69) is 20.6 Å². The molecule has 2 aromatic rings. The van der Waals surface area contributed by atoms with Gasteiger partial charge in [0.2, 0.25) is 0 Å². The first-order chi connectivity index (χ1) is 16.1. The number of morpholine rings is 1. The lowest BCUT2D eigenvalue weighted by atomic mass is 10.1. The van der Waals surface area contributed by atoms with Crippen LogP contribution in [0.1, 0.15) is 21.6 Å². The number of ether oxygens (including phenoxy) is 1. The number of carbonyl (C=O) groups excluding carboxylic acids is 1. The number of hydrogen-bond donors (Lipinski definition) is 3. The van der Waals surface area contributed by atoms with E-state index in [-0.39, 0.29) is 11.9 Å². The molecule has 1 aromatic carbocycles. The number of aliphatic imine (C=N–C) groups is 2. The lowest BCUT2D eigenvalue weighted by Crippen LogP contribution is -2.42. The average Bonchev–Trinajstić information content (AvgIpc) is 2.86. The zero-order valence-electron chi connectivity index (χ0n) is 18.4. The van der Waals surface area contributed by atoms with E-state index in [0.717, 1.165) is 17.8 Å². The summed E-state index contributed by atoms with van der Waals surface area (Å²) in [6.07, 6.45) is 7.00. The van der Waals surface area contributed by atoms with Gasteiger partial charge in [0.15, 0.2) is 0 Å². The summed E-state index contributed by atoms with van der Waals surface area (Å²) in [5.74, 6) is 0.199. The van der Waals surface area contributed by atoms with Gasteiger partial charge in [0.25, 0.3) is 5.91 Å². The summed E-state index contributed by atoms with van der Waals surface area (Å²) in [6.45, 7) is 2.38. The molecule has 0 unspecified atom stereocenters. The maximum Gasteiger partial charge on any atom is 0.251 e. The first kappa shape index (κ1) is 22.4. The second kappa shape index (κ2) is 10.7. The molecule has 1 aromatic heterocycles. The average molecular weight is 446 g/mol. The molecule has 0 bridgehead atoms. The molecule has 33 heavy (non-hydrogen) atoms. The molecule has 9 nitrogen and oxygen atoms in total. The van der Waals surface area contributed by atoms with Crippen LogP contribution in [0.2, 0.25) is 0 Å². The number of likely N-dealkylation sites (N-methyl/N-ethyl adjacent to an activating group) is 1. The van der Waals surface area contributed by atoms with Crippen molar-refractivity contribution in [2.45, 2.75) is 12.6 Å². The lowest BCUT2D eigenvalue weighted by molar-refractivity contribution is 0.0950. The van der Waals surface area contributed by atoms with Gasteiger partial charge in [0.05, 0.1) is 37.2 Å². The van der Waals surface area contributed by atoms with E-state index in [1.165, 1.54) is 0 Å². The normalized spacial score (nSPS) is 20.0. The number of amides is 1. The highest BCUT2D eigenvalue weighted by atomic mass is 16.5. The third kappa shape index (κ3) is 5.71. The Balaban J connectivity index is 1.56. The highest BCUT2D eigenvalue weighted by molar-refractivity contribution is 6.05. The Morgan fingerprint density at radius 1 is 1.30 bits per heavy atom. The van der Waals surface area contributed by atoms with Crippen LogP contribution in [0.4, 0.5) is 0 Å². The van der Waals surface area contributed by atoms with E-state index in [1.54, 1.807) is 24.5 Å². The molecule has 2 aliphatic heterocycles. The zero-order chi connectivity index (χ0) is 23.0. The molecule has 3 heterocycles. The molecular formula is C24H27N7O2. The topological polar surface area (TPSA) is 117 Å². The number of pyridine rings is 1. The van der Waals surface area contributed by atoms with E-state index in [4.69, 9.17) is 15.5 Å². The quantitative estimate of drug-likeness (QED) is 0.581. The minimum Gasteiger partial charge on any atom is -0.382 e. The number of benzene rings is 1. The summed E-state index contributed by atoms with van der Waals surface area (Å²) in [5.41, 5.74) is 9.72. The molecular weight excluding hydrogens is 418 g/mol. The predicted molar refractivity (Wildman–Crippen MR) is 128 cm³/mol. The van der Waals surface area contributed by atoms with Crippen molar-refractivity contribution in [1.29, 1.82) is 0 Å². The second-order valence-corrected chi connectivity index (χ2v) is 7.62. The van der Waals surface area contributed by atoms with Gasteiger partial charge in [0.1, 0.15) is 11.5 Å². The van der Waals surface area contributed by atoms with Gasteiger partial charge in [-0.3, -0.25) is 14.8 Å². The Kier molecular flexibility index (Phi) is 7.23. The molecule has 0 saturated carbocycles. The number of aromatic nitrogens is 1. The van der Waals surface area contributed by atoms with Crippen LogP contribution >= 0.6 is 0 Å². The highest BCUT2D eigenvalue weighted by Crippen LogP contribution is 2.25. The molecule has 1 saturated heterocycles. The van der Waals surface area contributed by atoms with Crippen molar-refractivity contribution in [1.82, 2.24) is 20.5 Å². The van der Waals surface area contributed by atoms with Crippen LogP contribution in [0.3, 0.4) is 0 Å². The molecule has 4 N–H and O–H groups in total. The summed E-state index contributed by atoms with van der Waals surface area (Å²) in [7, 11) is 1.89. The van der Waals surface area contributed by atoms with Crippen molar-refractivity contribution in [3.63, 3.8) is 0 Å². The number of carbonyl (C=O) groups is 1. The van der Waals surface area contributed by atoms with Crippen LogP contribution in [0.25, 0.3) is 5.70 Å². The van der Waals surface area contributed by atoms with E-state index in [0.29, 0.717) is 42.6 Å². The SMILES string of the molecule is CN1C=CN=C(N)/C1=C(/N=C/[C@@H]1COCCN1)c1ccc(C(=O)NCc2ccccn2)cc1. The Morgan fingerprint density at radius 3 is 2.82 bits per heavy atom. The minimum absolute atomic E-state index is 0.00796. The molecule has 1 amide bonds. The van der Waals surface area contributed by atoms with Crippen molar-refractivity contribution in [2.24, 2.45) is 15.7 Å². The number of nitrogens with zero attached hydrogens (tertiary/aromatic N) is 4. The van der Waals surface area contributed by atoms with Gasteiger partial charge in [-0.25, -0.2) is 4.99 Å². The van der Waals surface area contributed by atoms with Crippen LogP contribution in [0, 0.1) is 0 Å². The molecule has 1 atom stereocenters. The fourth-order valence-corrected chi connectivity index (χ4v) is 3.49. The Hall–Kier alpha value is -3.82. The standard InChI is InChI=1S/C24H27N7O2/c1-31-12-10-28-23(25)22(31)21(29-15-20-16-33-13-11-27-20)17-5-7-18(8-6-17)24(32)30-14-19-4-2-3-9-26-19/h2-10,12,15,20,27H,11,13-14,16H2,1H3,(H2,25,28)(H,30,32)/b22-21-,29-15+/t20-/m1/s1. The maximum atomic E-state index is 12.6. The summed E-state index contributed by atoms with van der Waals surface area (Å²) in [5, 5.41) is 6.25. The molecule has 170 valence electrons. The Morgan fingerprint density at radius 2 is 2.12 bits per heavy atom. The van der Waals surface area contributed by atoms with Crippen LogP contribution in [-0.2, 0) is 11.3 Å². The fraction of sp³-hybridized carbons (Fsp3) is 0.250. The van der Waals surface area contributed by atoms with Gasteiger partial charge in [-0.05, 0) is 24.3 Å². The minimum atomic E-state index is -0.174. The zero-order valence-corrected chi connectivity index (χ0v) is 18.4. The van der Waals surface area contributed by atoms with Gasteiger partial charge in [0, 0.05) is 49.5 Å². The van der Waals surface area contributed by atoms with Crippen molar-refractivity contribution in [3.05, 3.63) is 83.6 Å². The monoisotopic (exact) mass is 445 g/mol. The predicted octanol–water partition coefficient (Wildman–Crippen LogP) is 1.51. The van der Waals surface area contributed by atoms with Crippen LogP contribution < -0.4 is 16.4 Å². The van der Waals surface area contributed by atoms with E-state index in [1.807, 2.05) is 54.7 Å². The number of nitrogens with one attached hydrogen (secondary N) is 2. The molecule has 2 aliphatic rings. The smallest absolute Gasteiger partial charge is 0.251 e. The first-order valence-corrected chi connectivity index (χ1v) is 10.7. The number of hydrogen-bond acceptors (Lipinski definition) is 8. The largest absolute Gasteiger partial charge is 0.382 e. The summed E-state index contributed by atoms with van der Waals surface area (Å²) >= 11 is 0. The van der Waals surface area contributed by atoms with Gasteiger partial charge >= 0.3 is 0 Å². The fourth-order valence-electron chi connectivity index (χ4n) is 3.49. The van der Waals surface area contributed by atoms with Crippen molar-refractivity contribution in [2.75, 3.05) is 26.8 Å². The van der Waals surface area contributed by atoms with Crippen LogP contribution in [0.15, 0.2) is 76.7 Å². The molecule has 0 spiro atoms. The van der Waals surface area contributed by atoms with Crippen molar-refractivity contribution in [3.8, 4) is 0 Å². The molecule has 4 rings (SSSR count). The third-order valence-corrected chi connectivity index (χ3v) is 5.23. The van der Waals surface area contributed by atoms with Crippen molar-refractivity contribution >= 4 is 23.7 Å². The number of rotatable bonds is 6. The number of nitrogens with two attached hydrogens (primary N) is 1. The second-order valence-electron chi connectivity index (χ2n) is 7.62. The maximum absolute atomic E-state index is 12.6. The molecule has 1 fully saturated rings.